The minimum absolute atomic E-state index is 0.00582. The van der Waals surface area contributed by atoms with Crippen molar-refractivity contribution in [3.63, 3.8) is 0 Å². The number of hydrogen-bond donors (Lipinski definition) is 2. The number of alkyl halides is 3. The average Bonchev–Trinajstić information content (AvgIpc) is 3.52. The van der Waals surface area contributed by atoms with Crippen molar-refractivity contribution < 1.29 is 27.5 Å². The number of halogens is 4. The monoisotopic (exact) mass is 637 g/mol. The first kappa shape index (κ1) is 30.9. The highest BCUT2D eigenvalue weighted by Gasteiger charge is 2.35. The summed E-state index contributed by atoms with van der Waals surface area (Å²) in [6, 6.07) is 16.2. The highest BCUT2D eigenvalue weighted by molar-refractivity contribution is 6.31. The molecule has 0 fully saturated rings. The number of primary amides is 1. The number of nitrogens with zero attached hydrogens (tertiary/aromatic N) is 5. The van der Waals surface area contributed by atoms with E-state index in [0.717, 1.165) is 10.2 Å². The first-order chi connectivity index (χ1) is 21.4. The second kappa shape index (κ2) is 12.6. The Kier molecular flexibility index (Phi) is 8.68. The van der Waals surface area contributed by atoms with E-state index in [9.17, 15) is 27.6 Å². The van der Waals surface area contributed by atoms with E-state index in [0.29, 0.717) is 6.20 Å². The number of nitrogens with two attached hydrogens (primary N) is 1. The summed E-state index contributed by atoms with van der Waals surface area (Å²) in [5.41, 5.74) is 4.98. The zero-order valence-corrected chi connectivity index (χ0v) is 24.1. The molecule has 0 aliphatic carbocycles. The minimum Gasteiger partial charge on any atom is -0.495 e. The van der Waals surface area contributed by atoms with Crippen molar-refractivity contribution in [2.45, 2.75) is 18.6 Å². The Hall–Kier alpha value is -5.50. The van der Waals surface area contributed by atoms with Crippen molar-refractivity contribution in [3.05, 3.63) is 118 Å². The fraction of sp³-hybridized carbons (Fsp3) is 0.133. The molecule has 1 atom stereocenters. The first-order valence-electron chi connectivity index (χ1n) is 13.1. The summed E-state index contributed by atoms with van der Waals surface area (Å²) in [5, 5.41) is 9.76. The first-order valence-corrected chi connectivity index (χ1v) is 13.5. The number of anilines is 1. The largest absolute Gasteiger partial charge is 0.495 e. The summed E-state index contributed by atoms with van der Waals surface area (Å²) in [6.45, 7) is 0. The molecule has 0 unspecified atom stereocenters. The Bertz CT molecular complexity index is 1930. The number of methoxy groups -OCH3 is 1. The number of carbonyl (C=O) groups is 2. The van der Waals surface area contributed by atoms with E-state index in [1.165, 1.54) is 60.5 Å². The number of rotatable bonds is 9. The minimum atomic E-state index is -4.72. The van der Waals surface area contributed by atoms with E-state index < -0.39 is 35.3 Å². The van der Waals surface area contributed by atoms with Gasteiger partial charge in [-0.2, -0.15) is 13.2 Å². The third-order valence-corrected chi connectivity index (χ3v) is 6.97. The van der Waals surface area contributed by atoms with Gasteiger partial charge in [0.1, 0.15) is 17.5 Å². The molecule has 230 valence electrons. The van der Waals surface area contributed by atoms with E-state index >= 15 is 0 Å². The van der Waals surface area contributed by atoms with Gasteiger partial charge in [-0.15, -0.1) is 5.10 Å². The van der Waals surface area contributed by atoms with Crippen LogP contribution in [0.5, 0.6) is 5.75 Å². The number of aromatic nitrogens is 5. The molecule has 0 spiro atoms. The van der Waals surface area contributed by atoms with Crippen LogP contribution in [0, 0.1) is 0 Å². The lowest BCUT2D eigenvalue weighted by Gasteiger charge is -2.22. The maximum absolute atomic E-state index is 13.7. The van der Waals surface area contributed by atoms with Crippen LogP contribution in [0.1, 0.15) is 27.8 Å². The molecule has 5 rings (SSSR count). The molecule has 0 bridgehead atoms. The lowest BCUT2D eigenvalue weighted by molar-refractivity contribution is -0.141. The lowest BCUT2D eigenvalue weighted by atomic mass is 10.0. The van der Waals surface area contributed by atoms with Crippen LogP contribution in [0.15, 0.2) is 90.1 Å². The van der Waals surface area contributed by atoms with Crippen molar-refractivity contribution >= 4 is 29.1 Å². The zero-order valence-electron chi connectivity index (χ0n) is 23.3. The molecule has 0 radical (unpaired) electrons. The molecule has 0 aliphatic rings. The molecule has 0 saturated heterocycles. The summed E-state index contributed by atoms with van der Waals surface area (Å²) >= 11 is 6.25. The van der Waals surface area contributed by atoms with Crippen LogP contribution < -0.4 is 21.3 Å². The predicted molar refractivity (Wildman–Crippen MR) is 158 cm³/mol. The third-order valence-electron chi connectivity index (χ3n) is 6.74. The quantitative estimate of drug-likeness (QED) is 0.238. The Balaban J connectivity index is 1.58. The van der Waals surface area contributed by atoms with Gasteiger partial charge in [-0.1, -0.05) is 47.1 Å². The molecule has 0 saturated carbocycles. The van der Waals surface area contributed by atoms with Gasteiger partial charge in [0.2, 0.25) is 5.91 Å². The van der Waals surface area contributed by atoms with Gasteiger partial charge >= 0.3 is 6.18 Å². The van der Waals surface area contributed by atoms with Crippen LogP contribution in [0.25, 0.3) is 16.8 Å². The Morgan fingerprint density at radius 3 is 2.42 bits per heavy atom. The van der Waals surface area contributed by atoms with E-state index in [1.807, 2.05) is 6.07 Å². The third kappa shape index (κ3) is 6.86. The van der Waals surface area contributed by atoms with E-state index in [4.69, 9.17) is 22.1 Å². The van der Waals surface area contributed by atoms with Crippen molar-refractivity contribution in [2.24, 2.45) is 5.73 Å². The number of benzene rings is 2. The zero-order chi connectivity index (χ0) is 32.3. The fourth-order valence-corrected chi connectivity index (χ4v) is 4.75. The molecule has 11 nitrogen and oxygen atoms in total. The number of carbonyl (C=O) groups excluding carboxylic acids is 2. The number of ether oxygens (including phenoxy) is 1. The van der Waals surface area contributed by atoms with Crippen molar-refractivity contribution in [1.82, 2.24) is 24.5 Å². The number of nitrogens with one attached hydrogen (secondary N) is 1. The molecule has 3 N–H and O–H groups in total. The molecule has 2 amide bonds. The molecule has 2 aromatic carbocycles. The average molecular weight is 638 g/mol. The summed E-state index contributed by atoms with van der Waals surface area (Å²) in [6.07, 6.45) is -1.31. The van der Waals surface area contributed by atoms with Crippen LogP contribution in [0.3, 0.4) is 0 Å². The highest BCUT2D eigenvalue weighted by Crippen LogP contribution is 2.36. The maximum Gasteiger partial charge on any atom is 0.436 e. The molecule has 45 heavy (non-hydrogen) atoms. The SMILES string of the molecule is COc1cn([C@@H](Cc2ccccc2)C(=O)Nc2ccc(C(N)=O)nc2)c(=O)cc1-c1cc(Cl)ccc1-n1cc(C(F)(F)F)nn1. The van der Waals surface area contributed by atoms with Gasteiger partial charge in [0.15, 0.2) is 5.69 Å². The molecule has 0 aliphatic heterocycles. The number of hydrogen-bond acceptors (Lipinski definition) is 7. The summed E-state index contributed by atoms with van der Waals surface area (Å²) in [4.78, 5) is 42.7. The molecular formula is C30H23ClF3N7O4. The van der Waals surface area contributed by atoms with Crippen LogP contribution in [0.4, 0.5) is 18.9 Å². The number of pyridine rings is 2. The molecule has 3 aromatic heterocycles. The van der Waals surface area contributed by atoms with Crippen LogP contribution in [-0.2, 0) is 17.4 Å². The summed E-state index contributed by atoms with van der Waals surface area (Å²) < 4.78 is 47.5. The topological polar surface area (TPSA) is 147 Å². The second-order valence-electron chi connectivity index (χ2n) is 9.70. The Morgan fingerprint density at radius 2 is 1.80 bits per heavy atom. The van der Waals surface area contributed by atoms with Gasteiger partial charge in [0.05, 0.1) is 37.1 Å². The van der Waals surface area contributed by atoms with Crippen molar-refractivity contribution in [2.75, 3.05) is 12.4 Å². The highest BCUT2D eigenvalue weighted by atomic mass is 35.5. The normalized spacial score (nSPS) is 12.0. The standard InChI is InChI=1S/C30H23ClF3N7O4/c1-45-25-15-40(24(11-17-5-3-2-4-6-17)29(44)37-19-8-9-22(28(35)43)36-14-19)27(42)13-21(25)20-12-18(31)7-10-23(20)41-16-26(38-39-41)30(32,33)34/h2-10,12-16,24H,11H2,1H3,(H2,35,43)(H,37,44)/t24-/m0/s1. The van der Waals surface area contributed by atoms with Crippen LogP contribution in [0.2, 0.25) is 5.02 Å². The fourth-order valence-electron chi connectivity index (χ4n) is 4.57. The van der Waals surface area contributed by atoms with E-state index in [1.54, 1.807) is 24.3 Å². The number of amides is 2. The Labute approximate surface area is 258 Å². The van der Waals surface area contributed by atoms with Crippen LogP contribution in [-0.4, -0.2) is 43.5 Å². The predicted octanol–water partition coefficient (Wildman–Crippen LogP) is 4.69. The van der Waals surface area contributed by atoms with E-state index in [2.05, 4.69) is 20.6 Å². The Morgan fingerprint density at radius 1 is 1.04 bits per heavy atom. The van der Waals surface area contributed by atoms with Crippen molar-refractivity contribution in [1.29, 1.82) is 0 Å². The van der Waals surface area contributed by atoms with Crippen LogP contribution >= 0.6 is 11.6 Å². The molecule has 3 heterocycles. The maximum atomic E-state index is 13.7. The van der Waals surface area contributed by atoms with Gasteiger partial charge in [-0.3, -0.25) is 19.0 Å². The molecular weight excluding hydrogens is 615 g/mol. The van der Waals surface area contributed by atoms with Gasteiger partial charge < -0.3 is 15.8 Å². The molecule has 15 heteroatoms. The van der Waals surface area contributed by atoms with Gasteiger partial charge in [0.25, 0.3) is 11.5 Å². The lowest BCUT2D eigenvalue weighted by Crippen LogP contribution is -2.34. The van der Waals surface area contributed by atoms with Crippen molar-refractivity contribution in [3.8, 4) is 22.6 Å². The van der Waals surface area contributed by atoms with Gasteiger partial charge in [-0.25, -0.2) is 9.67 Å². The molecule has 5 aromatic rings. The summed E-state index contributed by atoms with van der Waals surface area (Å²) in [5.74, 6) is -1.19. The summed E-state index contributed by atoms with van der Waals surface area (Å²) in [7, 11) is 1.34. The van der Waals surface area contributed by atoms with Gasteiger partial charge in [-0.05, 0) is 35.9 Å². The van der Waals surface area contributed by atoms with E-state index in [-0.39, 0.29) is 45.4 Å². The smallest absolute Gasteiger partial charge is 0.436 e. The second-order valence-corrected chi connectivity index (χ2v) is 10.1. The van der Waals surface area contributed by atoms with Gasteiger partial charge in [0, 0.05) is 28.6 Å².